The van der Waals surface area contributed by atoms with E-state index < -0.39 is 0 Å². The van der Waals surface area contributed by atoms with Gasteiger partial charge in [-0.05, 0) is 25.3 Å². The molecule has 0 unspecified atom stereocenters. The Morgan fingerprint density at radius 2 is 2.00 bits per heavy atom. The Bertz CT molecular complexity index is 788. The Hall–Kier alpha value is -1.79. The molecule has 0 bridgehead atoms. The predicted molar refractivity (Wildman–Crippen MR) is 92.8 cm³/mol. The van der Waals surface area contributed by atoms with Crippen molar-refractivity contribution in [1.29, 1.82) is 0 Å². The monoisotopic (exact) mass is 329 g/mol. The highest BCUT2D eigenvalue weighted by atomic mass is 32.2. The molecule has 0 amide bonds. The van der Waals surface area contributed by atoms with Gasteiger partial charge in [0, 0.05) is 13.2 Å². The predicted octanol–water partition coefficient (Wildman–Crippen LogP) is 3.41. The molecule has 3 heterocycles. The van der Waals surface area contributed by atoms with Gasteiger partial charge in [0.1, 0.15) is 0 Å². The number of rotatable bonds is 2. The molecule has 4 rings (SSSR count). The van der Waals surface area contributed by atoms with Crippen molar-refractivity contribution >= 4 is 22.6 Å². The molecule has 2 aliphatic rings. The molecule has 2 aliphatic heterocycles. The lowest BCUT2D eigenvalue weighted by atomic mass is 10.1. The number of H-pyrrole nitrogens is 1. The van der Waals surface area contributed by atoms with Crippen LogP contribution in [0.2, 0.25) is 0 Å². The summed E-state index contributed by atoms with van der Waals surface area (Å²) in [5.74, 6) is 0.798. The molecule has 120 valence electrons. The van der Waals surface area contributed by atoms with Crippen molar-refractivity contribution in [3.8, 4) is 0 Å². The number of fused-ring (bicyclic) bond motifs is 1. The third-order valence-electron chi connectivity index (χ3n) is 4.41. The van der Waals surface area contributed by atoms with Gasteiger partial charge in [-0.1, -0.05) is 42.1 Å². The molecule has 0 aliphatic carbocycles. The van der Waals surface area contributed by atoms with Crippen LogP contribution in [0.4, 0.5) is 5.82 Å². The molecule has 1 aromatic heterocycles. The van der Waals surface area contributed by atoms with Gasteiger partial charge in [-0.15, -0.1) is 0 Å². The van der Waals surface area contributed by atoms with Gasteiger partial charge in [0.2, 0.25) is 0 Å². The number of benzene rings is 1. The summed E-state index contributed by atoms with van der Waals surface area (Å²) in [4.78, 5) is 17.3. The van der Waals surface area contributed by atoms with Gasteiger partial charge in [0.15, 0.2) is 5.82 Å². The fourth-order valence-electron chi connectivity index (χ4n) is 3.28. The zero-order valence-corrected chi connectivity index (χ0v) is 13.8. The van der Waals surface area contributed by atoms with Crippen LogP contribution < -0.4 is 5.56 Å². The molecule has 2 aromatic rings. The number of nitrogens with zero attached hydrogens (tertiary/aromatic N) is 2. The fourth-order valence-corrected chi connectivity index (χ4v) is 4.38. The van der Waals surface area contributed by atoms with Crippen LogP contribution in [-0.2, 0) is 4.74 Å². The van der Waals surface area contributed by atoms with E-state index in [4.69, 9.17) is 4.74 Å². The molecular weight excluding hydrogens is 310 g/mol. The third kappa shape index (κ3) is 2.66. The Morgan fingerprint density at radius 3 is 2.74 bits per heavy atom. The quantitative estimate of drug-likeness (QED) is 0.918. The maximum Gasteiger partial charge on any atom is 0.271 e. The Kier molecular flexibility index (Phi) is 3.87. The van der Waals surface area contributed by atoms with E-state index in [1.165, 1.54) is 0 Å². The second-order valence-corrected chi connectivity index (χ2v) is 7.23. The summed E-state index contributed by atoms with van der Waals surface area (Å²) in [6, 6.07) is 10.4. The lowest BCUT2D eigenvalue weighted by Gasteiger charge is -2.26. The van der Waals surface area contributed by atoms with E-state index in [2.05, 4.69) is 22.2 Å². The molecule has 1 aromatic carbocycles. The minimum Gasteiger partial charge on any atom is -0.381 e. The molecule has 1 atom stereocenters. The van der Waals surface area contributed by atoms with Crippen molar-refractivity contribution in [2.45, 2.75) is 31.1 Å². The largest absolute Gasteiger partial charge is 0.381 e. The summed E-state index contributed by atoms with van der Waals surface area (Å²) in [6.45, 7) is 3.48. The SMILES string of the molecule is CC1=Nc2c(c(=O)[nH]n2C2CCOCC2)[C@@H](c2ccccc2)S1. The van der Waals surface area contributed by atoms with Crippen molar-refractivity contribution in [2.75, 3.05) is 13.2 Å². The second kappa shape index (κ2) is 6.02. The second-order valence-electron chi connectivity index (χ2n) is 5.93. The molecular formula is C17H19N3O2S. The number of thioether (sulfide) groups is 1. The molecule has 5 nitrogen and oxygen atoms in total. The maximum absolute atomic E-state index is 12.6. The standard InChI is InChI=1S/C17H19N3O2S/c1-11-18-16-14(15(23-11)12-5-3-2-4-6-12)17(21)19-20(16)13-7-9-22-10-8-13/h2-6,13,15H,7-10H2,1H3,(H,19,21)/t15-/m1/s1. The lowest BCUT2D eigenvalue weighted by Crippen LogP contribution is -2.21. The smallest absolute Gasteiger partial charge is 0.271 e. The lowest BCUT2D eigenvalue weighted by molar-refractivity contribution is 0.0666. The zero-order chi connectivity index (χ0) is 15.8. The van der Waals surface area contributed by atoms with Gasteiger partial charge < -0.3 is 4.74 Å². The van der Waals surface area contributed by atoms with Crippen LogP contribution >= 0.6 is 11.8 Å². The van der Waals surface area contributed by atoms with E-state index in [0.29, 0.717) is 0 Å². The van der Waals surface area contributed by atoms with E-state index in [0.717, 1.165) is 48.0 Å². The van der Waals surface area contributed by atoms with Gasteiger partial charge >= 0.3 is 0 Å². The van der Waals surface area contributed by atoms with Crippen LogP contribution in [-0.4, -0.2) is 28.0 Å². The van der Waals surface area contributed by atoms with Crippen molar-refractivity contribution in [3.63, 3.8) is 0 Å². The average molecular weight is 329 g/mol. The maximum atomic E-state index is 12.6. The van der Waals surface area contributed by atoms with E-state index in [1.54, 1.807) is 11.8 Å². The summed E-state index contributed by atoms with van der Waals surface area (Å²) in [6.07, 6.45) is 1.82. The van der Waals surface area contributed by atoms with Crippen LogP contribution in [0.15, 0.2) is 40.1 Å². The van der Waals surface area contributed by atoms with Crippen molar-refractivity contribution < 1.29 is 4.74 Å². The summed E-state index contributed by atoms with van der Waals surface area (Å²) >= 11 is 1.65. The number of aromatic nitrogens is 2. The van der Waals surface area contributed by atoms with Crippen LogP contribution in [0, 0.1) is 0 Å². The van der Waals surface area contributed by atoms with Crippen molar-refractivity contribution in [2.24, 2.45) is 4.99 Å². The highest BCUT2D eigenvalue weighted by Crippen LogP contribution is 2.44. The average Bonchev–Trinajstić information content (AvgIpc) is 2.92. The summed E-state index contributed by atoms with van der Waals surface area (Å²) in [7, 11) is 0. The van der Waals surface area contributed by atoms with E-state index in [-0.39, 0.29) is 16.9 Å². The molecule has 1 N–H and O–H groups in total. The summed E-state index contributed by atoms with van der Waals surface area (Å²) < 4.78 is 7.41. The first-order valence-corrected chi connectivity index (χ1v) is 8.81. The molecule has 1 saturated heterocycles. The number of ether oxygens (including phenoxy) is 1. The first-order valence-electron chi connectivity index (χ1n) is 7.93. The third-order valence-corrected chi connectivity index (χ3v) is 5.58. The molecule has 6 heteroatoms. The van der Waals surface area contributed by atoms with Gasteiger partial charge in [-0.3, -0.25) is 14.6 Å². The molecule has 0 radical (unpaired) electrons. The first kappa shape index (κ1) is 14.8. The van der Waals surface area contributed by atoms with Crippen LogP contribution in [0.1, 0.15) is 42.2 Å². The van der Waals surface area contributed by atoms with Crippen molar-refractivity contribution in [1.82, 2.24) is 9.78 Å². The van der Waals surface area contributed by atoms with Crippen LogP contribution in [0.25, 0.3) is 0 Å². The van der Waals surface area contributed by atoms with Crippen LogP contribution in [0.3, 0.4) is 0 Å². The van der Waals surface area contributed by atoms with Gasteiger partial charge in [-0.25, -0.2) is 4.99 Å². The Labute approximate surface area is 138 Å². The molecule has 0 spiro atoms. The normalized spacial score (nSPS) is 21.8. The van der Waals surface area contributed by atoms with E-state index >= 15 is 0 Å². The molecule has 1 fully saturated rings. The molecule has 23 heavy (non-hydrogen) atoms. The molecule has 0 saturated carbocycles. The van der Waals surface area contributed by atoms with E-state index in [1.807, 2.05) is 29.8 Å². The summed E-state index contributed by atoms with van der Waals surface area (Å²) in [5.41, 5.74) is 1.89. The minimum atomic E-state index is -0.0240. The van der Waals surface area contributed by atoms with Gasteiger partial charge in [0.25, 0.3) is 5.56 Å². The van der Waals surface area contributed by atoms with Gasteiger partial charge in [0.05, 0.1) is 21.9 Å². The number of hydrogen-bond donors (Lipinski definition) is 1. The summed E-state index contributed by atoms with van der Waals surface area (Å²) in [5, 5.41) is 4.03. The van der Waals surface area contributed by atoms with Crippen molar-refractivity contribution in [3.05, 3.63) is 51.8 Å². The Balaban J connectivity index is 1.82. The van der Waals surface area contributed by atoms with Crippen LogP contribution in [0.5, 0.6) is 0 Å². The highest BCUT2D eigenvalue weighted by molar-refractivity contribution is 8.14. The Morgan fingerprint density at radius 1 is 1.26 bits per heavy atom. The number of hydrogen-bond acceptors (Lipinski definition) is 4. The first-order chi connectivity index (χ1) is 11.2. The minimum absolute atomic E-state index is 0.00791. The fraction of sp³-hybridized carbons (Fsp3) is 0.412. The topological polar surface area (TPSA) is 59.4 Å². The number of aromatic amines is 1. The van der Waals surface area contributed by atoms with Gasteiger partial charge in [-0.2, -0.15) is 0 Å². The van der Waals surface area contributed by atoms with E-state index in [9.17, 15) is 4.79 Å². The highest BCUT2D eigenvalue weighted by Gasteiger charge is 2.32. The number of aliphatic imine (C=N–C) groups is 1. The zero-order valence-electron chi connectivity index (χ0n) is 13.0. The number of nitrogens with one attached hydrogen (secondary N) is 1.